The van der Waals surface area contributed by atoms with Crippen molar-refractivity contribution in [3.63, 3.8) is 0 Å². The van der Waals surface area contributed by atoms with Crippen LogP contribution in [0.4, 0.5) is 0 Å². The van der Waals surface area contributed by atoms with E-state index in [9.17, 15) is 0 Å². The predicted octanol–water partition coefficient (Wildman–Crippen LogP) is 2.31. The topological polar surface area (TPSA) is 22.3 Å². The molecule has 0 aliphatic carbocycles. The molecule has 1 fully saturated rings. The Labute approximate surface area is 108 Å². The first-order valence-corrected chi connectivity index (χ1v) is 6.86. The van der Waals surface area contributed by atoms with Crippen molar-refractivity contribution in [1.29, 1.82) is 0 Å². The Morgan fingerprint density at radius 1 is 1.06 bits per heavy atom. The highest BCUT2D eigenvalue weighted by Crippen LogP contribution is 2.16. The summed E-state index contributed by atoms with van der Waals surface area (Å²) in [5.41, 5.74) is 2.58. The van der Waals surface area contributed by atoms with E-state index in [4.69, 9.17) is 0 Å². The van der Waals surface area contributed by atoms with Gasteiger partial charge >= 0.3 is 0 Å². The van der Waals surface area contributed by atoms with Gasteiger partial charge in [-0.05, 0) is 24.1 Å². The van der Waals surface area contributed by atoms with Crippen LogP contribution in [0.15, 0.2) is 30.3 Å². The van der Waals surface area contributed by atoms with E-state index in [0.29, 0.717) is 0 Å². The van der Waals surface area contributed by atoms with Gasteiger partial charge in [0, 0.05) is 43.9 Å². The molecule has 2 aromatic rings. The molecule has 96 valence electrons. The van der Waals surface area contributed by atoms with Crippen LogP contribution in [0.5, 0.6) is 0 Å². The summed E-state index contributed by atoms with van der Waals surface area (Å²) in [6.45, 7) is 9.25. The minimum Gasteiger partial charge on any atom is -0.357 e. The monoisotopic (exact) mass is 243 g/mol. The molecule has 1 aromatic carbocycles. The largest absolute Gasteiger partial charge is 0.357 e. The van der Waals surface area contributed by atoms with Crippen molar-refractivity contribution in [2.45, 2.75) is 13.5 Å². The van der Waals surface area contributed by atoms with Crippen molar-refractivity contribution < 1.29 is 0 Å². The average molecular weight is 243 g/mol. The summed E-state index contributed by atoms with van der Waals surface area (Å²) in [4.78, 5) is 8.57. The number of piperazine rings is 1. The molecule has 0 radical (unpaired) electrons. The zero-order valence-electron chi connectivity index (χ0n) is 11.0. The molecule has 0 amide bonds. The number of para-hydroxylation sites is 1. The SMILES string of the molecule is CCN1CCN(Cc2cc3ccccc3[nH]2)CC1. The Morgan fingerprint density at radius 3 is 2.50 bits per heavy atom. The number of rotatable bonds is 3. The second kappa shape index (κ2) is 5.12. The van der Waals surface area contributed by atoms with Gasteiger partial charge in [0.05, 0.1) is 0 Å². The lowest BCUT2D eigenvalue weighted by atomic mass is 10.2. The van der Waals surface area contributed by atoms with E-state index in [2.05, 4.69) is 52.0 Å². The number of aromatic nitrogens is 1. The molecule has 0 saturated carbocycles. The summed E-state index contributed by atoms with van der Waals surface area (Å²) in [6, 6.07) is 10.8. The maximum atomic E-state index is 3.51. The molecule has 0 spiro atoms. The Bertz CT molecular complexity index is 476. The van der Waals surface area contributed by atoms with Crippen LogP contribution in [-0.4, -0.2) is 47.5 Å². The fraction of sp³-hybridized carbons (Fsp3) is 0.467. The smallest absolute Gasteiger partial charge is 0.0456 e. The van der Waals surface area contributed by atoms with Crippen LogP contribution in [0.2, 0.25) is 0 Å². The minimum absolute atomic E-state index is 1.05. The van der Waals surface area contributed by atoms with Crippen LogP contribution in [0.3, 0.4) is 0 Å². The second-order valence-corrected chi connectivity index (χ2v) is 5.09. The fourth-order valence-corrected chi connectivity index (χ4v) is 2.72. The lowest BCUT2D eigenvalue weighted by molar-refractivity contribution is 0.131. The second-order valence-electron chi connectivity index (χ2n) is 5.09. The molecule has 3 rings (SSSR count). The lowest BCUT2D eigenvalue weighted by Crippen LogP contribution is -2.45. The van der Waals surface area contributed by atoms with E-state index in [0.717, 1.165) is 6.54 Å². The van der Waals surface area contributed by atoms with E-state index in [1.807, 2.05) is 0 Å². The quantitative estimate of drug-likeness (QED) is 0.893. The van der Waals surface area contributed by atoms with Crippen molar-refractivity contribution in [2.24, 2.45) is 0 Å². The number of hydrogen-bond acceptors (Lipinski definition) is 2. The normalized spacial score (nSPS) is 18.5. The number of hydrogen-bond donors (Lipinski definition) is 1. The number of H-pyrrole nitrogens is 1. The summed E-state index contributed by atoms with van der Waals surface area (Å²) in [7, 11) is 0. The standard InChI is InChI=1S/C15H21N3/c1-2-17-7-9-18(10-8-17)12-14-11-13-5-3-4-6-15(13)16-14/h3-6,11,16H,2,7-10,12H2,1H3. The van der Waals surface area contributed by atoms with Gasteiger partial charge in [-0.1, -0.05) is 25.1 Å². The third-order valence-electron chi connectivity index (χ3n) is 3.89. The van der Waals surface area contributed by atoms with Gasteiger partial charge in [0.25, 0.3) is 0 Å². The summed E-state index contributed by atoms with van der Waals surface area (Å²) in [5, 5.41) is 1.32. The van der Waals surface area contributed by atoms with Gasteiger partial charge in [-0.2, -0.15) is 0 Å². The van der Waals surface area contributed by atoms with E-state index < -0.39 is 0 Å². The molecule has 1 aliphatic heterocycles. The minimum atomic E-state index is 1.05. The average Bonchev–Trinajstić information content (AvgIpc) is 2.82. The summed E-state index contributed by atoms with van der Waals surface area (Å²) in [5.74, 6) is 0. The fourth-order valence-electron chi connectivity index (χ4n) is 2.72. The molecule has 18 heavy (non-hydrogen) atoms. The van der Waals surface area contributed by atoms with Crippen LogP contribution >= 0.6 is 0 Å². The van der Waals surface area contributed by atoms with E-state index in [1.54, 1.807) is 0 Å². The third kappa shape index (κ3) is 2.42. The molecule has 1 aromatic heterocycles. The summed E-state index contributed by atoms with van der Waals surface area (Å²) in [6.07, 6.45) is 0. The van der Waals surface area contributed by atoms with Gasteiger partial charge in [0.1, 0.15) is 0 Å². The van der Waals surface area contributed by atoms with Gasteiger partial charge < -0.3 is 9.88 Å². The number of fused-ring (bicyclic) bond motifs is 1. The Kier molecular flexibility index (Phi) is 3.35. The Balaban J connectivity index is 1.66. The first kappa shape index (κ1) is 11.8. The van der Waals surface area contributed by atoms with Gasteiger partial charge in [0.2, 0.25) is 0 Å². The maximum absolute atomic E-state index is 3.51. The lowest BCUT2D eigenvalue weighted by Gasteiger charge is -2.33. The number of likely N-dealkylation sites (N-methyl/N-ethyl adjacent to an activating group) is 1. The molecule has 0 atom stereocenters. The maximum Gasteiger partial charge on any atom is 0.0456 e. The van der Waals surface area contributed by atoms with Crippen molar-refractivity contribution in [3.05, 3.63) is 36.0 Å². The molecule has 0 unspecified atom stereocenters. The van der Waals surface area contributed by atoms with Crippen LogP contribution in [0.1, 0.15) is 12.6 Å². The van der Waals surface area contributed by atoms with Crippen LogP contribution in [0.25, 0.3) is 10.9 Å². The van der Waals surface area contributed by atoms with Crippen molar-refractivity contribution in [2.75, 3.05) is 32.7 Å². The molecule has 1 N–H and O–H groups in total. The number of benzene rings is 1. The first-order chi connectivity index (χ1) is 8.85. The summed E-state index contributed by atoms with van der Waals surface area (Å²) < 4.78 is 0. The van der Waals surface area contributed by atoms with E-state index >= 15 is 0 Å². The van der Waals surface area contributed by atoms with Gasteiger partial charge in [-0.25, -0.2) is 0 Å². The van der Waals surface area contributed by atoms with Gasteiger partial charge in [0.15, 0.2) is 0 Å². The van der Waals surface area contributed by atoms with Crippen LogP contribution in [0, 0.1) is 0 Å². The van der Waals surface area contributed by atoms with E-state index in [-0.39, 0.29) is 0 Å². The number of nitrogens with one attached hydrogen (secondary N) is 1. The summed E-state index contributed by atoms with van der Waals surface area (Å²) >= 11 is 0. The first-order valence-electron chi connectivity index (χ1n) is 6.86. The number of aromatic amines is 1. The Morgan fingerprint density at radius 2 is 1.78 bits per heavy atom. The van der Waals surface area contributed by atoms with Crippen molar-refractivity contribution in [1.82, 2.24) is 14.8 Å². The predicted molar refractivity (Wildman–Crippen MR) is 75.7 cm³/mol. The zero-order chi connectivity index (χ0) is 12.4. The molecule has 3 heteroatoms. The van der Waals surface area contributed by atoms with Crippen LogP contribution < -0.4 is 0 Å². The molecule has 1 aliphatic rings. The van der Waals surface area contributed by atoms with Crippen LogP contribution in [-0.2, 0) is 6.54 Å². The highest BCUT2D eigenvalue weighted by atomic mass is 15.3. The Hall–Kier alpha value is -1.32. The molecule has 2 heterocycles. The highest BCUT2D eigenvalue weighted by Gasteiger charge is 2.15. The number of nitrogens with zero attached hydrogens (tertiary/aromatic N) is 2. The van der Waals surface area contributed by atoms with E-state index in [1.165, 1.54) is 49.3 Å². The van der Waals surface area contributed by atoms with Crippen molar-refractivity contribution >= 4 is 10.9 Å². The molecule has 0 bridgehead atoms. The highest BCUT2D eigenvalue weighted by molar-refractivity contribution is 5.80. The van der Waals surface area contributed by atoms with Gasteiger partial charge in [-0.3, -0.25) is 4.90 Å². The third-order valence-corrected chi connectivity index (χ3v) is 3.89. The zero-order valence-corrected chi connectivity index (χ0v) is 11.0. The molecular weight excluding hydrogens is 222 g/mol. The molecule has 1 saturated heterocycles. The van der Waals surface area contributed by atoms with Gasteiger partial charge in [-0.15, -0.1) is 0 Å². The van der Waals surface area contributed by atoms with Crippen molar-refractivity contribution in [3.8, 4) is 0 Å². The molecular formula is C15H21N3. The molecule has 3 nitrogen and oxygen atoms in total.